The van der Waals surface area contributed by atoms with E-state index >= 15 is 0 Å². The maximum atomic E-state index is 13.3. The molecule has 38 heavy (non-hydrogen) atoms. The number of halogens is 1. The Morgan fingerprint density at radius 3 is 2.53 bits per heavy atom. The molecule has 2 saturated carbocycles. The summed E-state index contributed by atoms with van der Waals surface area (Å²) in [5, 5.41) is 9.62. The molecule has 2 aliphatic heterocycles. The van der Waals surface area contributed by atoms with Crippen LogP contribution in [0.1, 0.15) is 80.1 Å². The van der Waals surface area contributed by atoms with Gasteiger partial charge in [-0.2, -0.15) is 0 Å². The highest BCUT2D eigenvalue weighted by atomic mass is 19.1. The number of benzene rings is 1. The van der Waals surface area contributed by atoms with E-state index in [1.165, 1.54) is 31.7 Å². The number of piperidine rings is 1. The zero-order valence-electron chi connectivity index (χ0n) is 21.3. The maximum absolute atomic E-state index is 13.3. The normalized spacial score (nSPS) is 27.2. The van der Waals surface area contributed by atoms with Crippen LogP contribution in [-0.4, -0.2) is 50.2 Å². The molecule has 10 heteroatoms. The van der Waals surface area contributed by atoms with E-state index < -0.39 is 17.8 Å². The number of aromatic nitrogens is 2. The van der Waals surface area contributed by atoms with Gasteiger partial charge < -0.3 is 15.5 Å². The Hall–Kier alpha value is -3.56. The van der Waals surface area contributed by atoms with Gasteiger partial charge in [-0.05, 0) is 63.0 Å². The molecule has 3 fully saturated rings. The molecule has 1 saturated heterocycles. The molecule has 1 aromatic heterocycles. The van der Waals surface area contributed by atoms with Gasteiger partial charge >= 0.3 is 0 Å². The summed E-state index contributed by atoms with van der Waals surface area (Å²) in [7, 11) is 0. The van der Waals surface area contributed by atoms with E-state index in [4.69, 9.17) is 0 Å². The molecule has 4 aliphatic rings. The zero-order chi connectivity index (χ0) is 26.3. The predicted octanol–water partition coefficient (Wildman–Crippen LogP) is 3.77. The Morgan fingerprint density at radius 1 is 1.05 bits per heavy atom. The highest BCUT2D eigenvalue weighted by Crippen LogP contribution is 2.43. The number of fused-ring (bicyclic) bond motifs is 1. The highest BCUT2D eigenvalue weighted by molar-refractivity contribution is 6.06. The number of rotatable bonds is 8. The topological polar surface area (TPSA) is 116 Å². The van der Waals surface area contributed by atoms with Crippen molar-refractivity contribution in [2.24, 2.45) is 5.92 Å². The summed E-state index contributed by atoms with van der Waals surface area (Å²) < 4.78 is 13.2. The van der Waals surface area contributed by atoms with Gasteiger partial charge in [0.05, 0.1) is 12.4 Å². The Kier molecular flexibility index (Phi) is 6.49. The zero-order valence-corrected chi connectivity index (χ0v) is 21.3. The van der Waals surface area contributed by atoms with Gasteiger partial charge in [0, 0.05) is 41.4 Å². The highest BCUT2D eigenvalue weighted by Gasteiger charge is 2.42. The fourth-order valence-electron chi connectivity index (χ4n) is 6.20. The number of hydrogen-bond acceptors (Lipinski definition) is 7. The molecule has 0 spiro atoms. The first-order chi connectivity index (χ1) is 18.4. The maximum Gasteiger partial charge on any atom is 0.255 e. The third-order valence-corrected chi connectivity index (χ3v) is 8.61. The summed E-state index contributed by atoms with van der Waals surface area (Å²) >= 11 is 0. The molecular weight excluding hydrogens is 487 g/mol. The summed E-state index contributed by atoms with van der Waals surface area (Å²) in [6.45, 7) is 0.356. The van der Waals surface area contributed by atoms with E-state index in [-0.39, 0.29) is 29.8 Å². The Labute approximate surface area is 221 Å². The fraction of sp³-hybridized carbons (Fsp3) is 0.536. The van der Waals surface area contributed by atoms with E-state index in [1.807, 2.05) is 18.2 Å². The molecular formula is C28H33FN6O3. The standard InChI is InChI=1S/C28H33FN6O3/c29-18-14-30-27(31-15-18)32-19-9-12-28(13-10-19,11-8-17-4-5-17)34-22-3-1-2-20-21(22)16-35(26(20)38)23-6-7-24(36)33-25(23)37/h1-3,14-15,17,19,23,34H,4-13,16H2,(H,30,31,32)(H,33,36,37). The van der Waals surface area contributed by atoms with Gasteiger partial charge in [0.2, 0.25) is 17.8 Å². The summed E-state index contributed by atoms with van der Waals surface area (Å²) in [6, 6.07) is 5.35. The Balaban J connectivity index is 1.18. The van der Waals surface area contributed by atoms with E-state index in [0.717, 1.165) is 49.3 Å². The third-order valence-electron chi connectivity index (χ3n) is 8.61. The number of imide groups is 1. The predicted molar refractivity (Wildman–Crippen MR) is 139 cm³/mol. The van der Waals surface area contributed by atoms with E-state index in [0.29, 0.717) is 24.5 Å². The average Bonchev–Trinajstić information content (AvgIpc) is 3.68. The van der Waals surface area contributed by atoms with Crippen molar-refractivity contribution in [2.45, 2.75) is 88.4 Å². The van der Waals surface area contributed by atoms with Gasteiger partial charge in [-0.1, -0.05) is 18.9 Å². The quantitative estimate of drug-likeness (QED) is 0.454. The molecule has 2 aliphatic carbocycles. The summed E-state index contributed by atoms with van der Waals surface area (Å²) in [5.41, 5.74) is 2.41. The molecule has 9 nitrogen and oxygen atoms in total. The van der Waals surface area contributed by atoms with Crippen LogP contribution in [0.5, 0.6) is 0 Å². The van der Waals surface area contributed by atoms with Crippen molar-refractivity contribution in [3.63, 3.8) is 0 Å². The van der Waals surface area contributed by atoms with E-state index in [2.05, 4.69) is 25.9 Å². The number of amides is 3. The molecule has 6 rings (SSSR count). The Bertz CT molecular complexity index is 1240. The minimum Gasteiger partial charge on any atom is -0.379 e. The van der Waals surface area contributed by atoms with Gasteiger partial charge in [0.15, 0.2) is 5.82 Å². The van der Waals surface area contributed by atoms with Gasteiger partial charge in [0.25, 0.3) is 5.91 Å². The van der Waals surface area contributed by atoms with Crippen molar-refractivity contribution in [3.8, 4) is 0 Å². The smallest absolute Gasteiger partial charge is 0.255 e. The van der Waals surface area contributed by atoms with Gasteiger partial charge in [-0.25, -0.2) is 14.4 Å². The lowest BCUT2D eigenvalue weighted by Gasteiger charge is -2.42. The number of anilines is 2. The number of carbonyl (C=O) groups excluding carboxylic acids is 3. The molecule has 3 heterocycles. The fourth-order valence-corrected chi connectivity index (χ4v) is 6.20. The lowest BCUT2D eigenvalue weighted by molar-refractivity contribution is -0.136. The average molecular weight is 521 g/mol. The van der Waals surface area contributed by atoms with Crippen LogP contribution >= 0.6 is 0 Å². The van der Waals surface area contributed by atoms with Crippen LogP contribution in [0.25, 0.3) is 0 Å². The van der Waals surface area contributed by atoms with Crippen LogP contribution in [0.3, 0.4) is 0 Å². The van der Waals surface area contributed by atoms with E-state index in [9.17, 15) is 18.8 Å². The summed E-state index contributed by atoms with van der Waals surface area (Å²) in [4.78, 5) is 47.1. The molecule has 2 aromatic rings. The van der Waals surface area contributed by atoms with Crippen LogP contribution in [0.4, 0.5) is 16.0 Å². The molecule has 0 bridgehead atoms. The van der Waals surface area contributed by atoms with Crippen LogP contribution in [0.15, 0.2) is 30.6 Å². The van der Waals surface area contributed by atoms with Crippen molar-refractivity contribution in [1.29, 1.82) is 0 Å². The van der Waals surface area contributed by atoms with Crippen molar-refractivity contribution in [3.05, 3.63) is 47.5 Å². The molecule has 3 N–H and O–H groups in total. The van der Waals surface area contributed by atoms with Crippen LogP contribution in [0, 0.1) is 11.7 Å². The van der Waals surface area contributed by atoms with E-state index in [1.54, 1.807) is 4.90 Å². The monoisotopic (exact) mass is 520 g/mol. The third kappa shape index (κ3) is 5.08. The van der Waals surface area contributed by atoms with Crippen LogP contribution < -0.4 is 16.0 Å². The first kappa shape index (κ1) is 24.8. The number of carbonyl (C=O) groups is 3. The van der Waals surface area contributed by atoms with Crippen molar-refractivity contribution >= 4 is 29.4 Å². The van der Waals surface area contributed by atoms with Gasteiger partial charge in [-0.3, -0.25) is 19.7 Å². The molecule has 1 aromatic carbocycles. The van der Waals surface area contributed by atoms with Gasteiger partial charge in [-0.15, -0.1) is 0 Å². The SMILES string of the molecule is O=C1CCC(N2Cc3c(NC4(CCC5CC5)CCC(Nc5ncc(F)cn5)CC4)cccc3C2=O)C(=O)N1. The first-order valence-electron chi connectivity index (χ1n) is 13.7. The minimum absolute atomic E-state index is 0.0926. The second-order valence-electron chi connectivity index (χ2n) is 11.3. The molecule has 1 unspecified atom stereocenters. The van der Waals surface area contributed by atoms with Crippen molar-refractivity contribution in [1.82, 2.24) is 20.2 Å². The van der Waals surface area contributed by atoms with Crippen LogP contribution in [0.2, 0.25) is 0 Å². The molecule has 200 valence electrons. The molecule has 1 atom stereocenters. The number of nitrogens with zero attached hydrogens (tertiary/aromatic N) is 3. The number of hydrogen-bond donors (Lipinski definition) is 3. The lowest BCUT2D eigenvalue weighted by Crippen LogP contribution is -2.52. The van der Waals surface area contributed by atoms with Crippen molar-refractivity contribution < 1.29 is 18.8 Å². The molecule has 0 radical (unpaired) electrons. The second kappa shape index (κ2) is 9.96. The molecule has 3 amide bonds. The largest absolute Gasteiger partial charge is 0.379 e. The van der Waals surface area contributed by atoms with Gasteiger partial charge in [0.1, 0.15) is 6.04 Å². The second-order valence-corrected chi connectivity index (χ2v) is 11.3. The number of nitrogens with one attached hydrogen (secondary N) is 3. The summed E-state index contributed by atoms with van der Waals surface area (Å²) in [6.07, 6.45) is 11.5. The lowest BCUT2D eigenvalue weighted by atomic mass is 9.75. The van der Waals surface area contributed by atoms with Crippen LogP contribution in [-0.2, 0) is 16.1 Å². The first-order valence-corrected chi connectivity index (χ1v) is 13.7. The van der Waals surface area contributed by atoms with Crippen molar-refractivity contribution in [2.75, 3.05) is 10.6 Å². The summed E-state index contributed by atoms with van der Waals surface area (Å²) in [5.74, 6) is -0.0314. The minimum atomic E-state index is -0.625. The Morgan fingerprint density at radius 2 is 1.82 bits per heavy atom.